The van der Waals surface area contributed by atoms with Gasteiger partial charge in [0, 0.05) is 30.5 Å². The lowest BCUT2D eigenvalue weighted by Crippen LogP contribution is -2.20. The van der Waals surface area contributed by atoms with Crippen molar-refractivity contribution in [1.29, 1.82) is 0 Å². The number of hydrogen-bond donors (Lipinski definition) is 1. The Balaban J connectivity index is 1.92. The molecule has 0 aliphatic carbocycles. The zero-order valence-corrected chi connectivity index (χ0v) is 14.6. The van der Waals surface area contributed by atoms with Crippen molar-refractivity contribution in [3.05, 3.63) is 52.5 Å². The fourth-order valence-electron chi connectivity index (χ4n) is 2.18. The number of halogens is 1. The van der Waals surface area contributed by atoms with E-state index in [0.717, 1.165) is 27.5 Å². The number of nitrogens with one attached hydrogen (secondary N) is 1. The highest BCUT2D eigenvalue weighted by atomic mass is 35.5. The maximum absolute atomic E-state index is 12.0. The van der Waals surface area contributed by atoms with Gasteiger partial charge in [-0.25, -0.2) is 0 Å². The minimum atomic E-state index is -0.201. The van der Waals surface area contributed by atoms with Crippen LogP contribution in [0.5, 0.6) is 5.75 Å². The molecule has 4 nitrogen and oxygen atoms in total. The van der Waals surface area contributed by atoms with Crippen LogP contribution in [0.1, 0.15) is 11.1 Å². The van der Waals surface area contributed by atoms with Crippen LogP contribution < -0.4 is 15.0 Å². The predicted octanol–water partition coefficient (Wildman–Crippen LogP) is 4.04. The third kappa shape index (κ3) is 4.63. The summed E-state index contributed by atoms with van der Waals surface area (Å²) >= 11 is 6.12. The van der Waals surface area contributed by atoms with Crippen molar-refractivity contribution in [3.63, 3.8) is 0 Å². The molecule has 2 aromatic carbocycles. The summed E-state index contributed by atoms with van der Waals surface area (Å²) < 4.78 is 5.54. The lowest BCUT2D eigenvalue weighted by atomic mass is 10.1. The summed E-state index contributed by atoms with van der Waals surface area (Å²) in [6.45, 7) is 3.78. The molecule has 0 atom stereocenters. The van der Waals surface area contributed by atoms with Crippen LogP contribution >= 0.6 is 11.6 Å². The van der Waals surface area contributed by atoms with Crippen LogP contribution in [0.2, 0.25) is 5.02 Å². The van der Waals surface area contributed by atoms with Crippen molar-refractivity contribution >= 4 is 28.9 Å². The van der Waals surface area contributed by atoms with E-state index in [0.29, 0.717) is 5.75 Å². The van der Waals surface area contributed by atoms with Crippen LogP contribution in [0.25, 0.3) is 0 Å². The van der Waals surface area contributed by atoms with Crippen LogP contribution in [-0.2, 0) is 4.79 Å². The van der Waals surface area contributed by atoms with E-state index in [4.69, 9.17) is 16.3 Å². The van der Waals surface area contributed by atoms with Crippen LogP contribution in [0, 0.1) is 13.8 Å². The maximum atomic E-state index is 12.0. The van der Waals surface area contributed by atoms with Crippen LogP contribution in [-0.4, -0.2) is 26.6 Å². The number of anilines is 2. The summed E-state index contributed by atoms with van der Waals surface area (Å²) in [4.78, 5) is 14.0. The summed E-state index contributed by atoms with van der Waals surface area (Å²) in [7, 11) is 3.94. The number of amides is 1. The van der Waals surface area contributed by atoms with Crippen molar-refractivity contribution in [3.8, 4) is 5.75 Å². The first kappa shape index (κ1) is 17.2. The predicted molar refractivity (Wildman–Crippen MR) is 95.8 cm³/mol. The first-order chi connectivity index (χ1) is 10.9. The summed E-state index contributed by atoms with van der Waals surface area (Å²) in [5.74, 6) is 0.440. The van der Waals surface area contributed by atoms with Gasteiger partial charge in [-0.15, -0.1) is 0 Å². The molecule has 122 valence electrons. The SMILES string of the molecule is Cc1cc(OCC(=O)Nc2ccc(N(C)C)cc2)cc(C)c1Cl. The molecule has 2 rings (SSSR count). The largest absolute Gasteiger partial charge is 0.484 e. The number of carbonyl (C=O) groups is 1. The molecular formula is C18H21ClN2O2. The normalized spacial score (nSPS) is 10.3. The van der Waals surface area contributed by atoms with Gasteiger partial charge in [-0.05, 0) is 61.4 Å². The summed E-state index contributed by atoms with van der Waals surface area (Å²) in [5, 5.41) is 3.54. The average Bonchev–Trinajstić information content (AvgIpc) is 2.51. The number of benzene rings is 2. The van der Waals surface area contributed by atoms with Gasteiger partial charge >= 0.3 is 0 Å². The van der Waals surface area contributed by atoms with Gasteiger partial charge < -0.3 is 15.0 Å². The van der Waals surface area contributed by atoms with E-state index in [1.165, 1.54) is 0 Å². The van der Waals surface area contributed by atoms with Gasteiger partial charge in [0.25, 0.3) is 5.91 Å². The van der Waals surface area contributed by atoms with E-state index in [1.54, 1.807) is 0 Å². The summed E-state index contributed by atoms with van der Waals surface area (Å²) in [6, 6.07) is 11.3. The maximum Gasteiger partial charge on any atom is 0.262 e. The standard InChI is InChI=1S/C18H21ClN2O2/c1-12-9-16(10-13(2)18(12)19)23-11-17(22)20-14-5-7-15(8-6-14)21(3)4/h5-10H,11H2,1-4H3,(H,20,22). The average molecular weight is 333 g/mol. The van der Waals surface area contributed by atoms with E-state index in [-0.39, 0.29) is 12.5 Å². The smallest absolute Gasteiger partial charge is 0.262 e. The van der Waals surface area contributed by atoms with Gasteiger partial charge in [0.2, 0.25) is 0 Å². The topological polar surface area (TPSA) is 41.6 Å². The molecule has 0 bridgehead atoms. The number of hydrogen-bond acceptors (Lipinski definition) is 3. The number of rotatable bonds is 5. The molecule has 1 N–H and O–H groups in total. The Hall–Kier alpha value is -2.20. The van der Waals surface area contributed by atoms with Gasteiger partial charge in [-0.3, -0.25) is 4.79 Å². The lowest BCUT2D eigenvalue weighted by Gasteiger charge is -2.13. The Morgan fingerprint density at radius 1 is 1.13 bits per heavy atom. The second-order valence-corrected chi connectivity index (χ2v) is 6.03. The Morgan fingerprint density at radius 3 is 2.22 bits per heavy atom. The summed E-state index contributed by atoms with van der Waals surface area (Å²) in [6.07, 6.45) is 0. The van der Waals surface area contributed by atoms with Gasteiger partial charge in [0.05, 0.1) is 0 Å². The third-order valence-electron chi connectivity index (χ3n) is 3.45. The molecule has 0 aliphatic heterocycles. The van der Waals surface area contributed by atoms with Crippen molar-refractivity contribution < 1.29 is 9.53 Å². The highest BCUT2D eigenvalue weighted by Crippen LogP contribution is 2.25. The van der Waals surface area contributed by atoms with E-state index >= 15 is 0 Å². The Labute approximate surface area is 142 Å². The third-order valence-corrected chi connectivity index (χ3v) is 4.04. The highest BCUT2D eigenvalue weighted by molar-refractivity contribution is 6.32. The lowest BCUT2D eigenvalue weighted by molar-refractivity contribution is -0.118. The molecule has 23 heavy (non-hydrogen) atoms. The zero-order chi connectivity index (χ0) is 17.0. The first-order valence-electron chi connectivity index (χ1n) is 7.33. The number of nitrogens with zero attached hydrogens (tertiary/aromatic N) is 1. The molecule has 0 aliphatic rings. The molecule has 0 fully saturated rings. The Morgan fingerprint density at radius 2 is 1.70 bits per heavy atom. The van der Waals surface area contributed by atoms with E-state index in [9.17, 15) is 4.79 Å². The van der Waals surface area contributed by atoms with Gasteiger partial charge in [0.15, 0.2) is 6.61 Å². The van der Waals surface area contributed by atoms with Crippen molar-refractivity contribution in [2.45, 2.75) is 13.8 Å². The fraction of sp³-hybridized carbons (Fsp3) is 0.278. The van der Waals surface area contributed by atoms with Crippen molar-refractivity contribution in [2.24, 2.45) is 0 Å². The minimum Gasteiger partial charge on any atom is -0.484 e. The second-order valence-electron chi connectivity index (χ2n) is 5.65. The van der Waals surface area contributed by atoms with Crippen molar-refractivity contribution in [2.75, 3.05) is 30.9 Å². The molecule has 2 aromatic rings. The molecule has 0 saturated carbocycles. The Kier molecular flexibility index (Phi) is 5.50. The minimum absolute atomic E-state index is 0.0457. The second kappa shape index (κ2) is 7.38. The molecule has 0 heterocycles. The van der Waals surface area contributed by atoms with E-state index in [2.05, 4.69) is 5.32 Å². The molecule has 0 unspecified atom stereocenters. The quantitative estimate of drug-likeness (QED) is 0.898. The molecule has 0 saturated heterocycles. The van der Waals surface area contributed by atoms with Gasteiger partial charge in [0.1, 0.15) is 5.75 Å². The highest BCUT2D eigenvalue weighted by Gasteiger charge is 2.07. The fourth-order valence-corrected chi connectivity index (χ4v) is 2.29. The number of aryl methyl sites for hydroxylation is 2. The number of ether oxygens (including phenoxy) is 1. The van der Waals surface area contributed by atoms with Crippen molar-refractivity contribution in [1.82, 2.24) is 0 Å². The van der Waals surface area contributed by atoms with Crippen LogP contribution in [0.4, 0.5) is 11.4 Å². The Bertz CT molecular complexity index is 674. The van der Waals surface area contributed by atoms with E-state index in [1.807, 2.05) is 69.2 Å². The van der Waals surface area contributed by atoms with Crippen LogP contribution in [0.15, 0.2) is 36.4 Å². The monoisotopic (exact) mass is 332 g/mol. The number of carbonyl (C=O) groups excluding carboxylic acids is 1. The van der Waals surface area contributed by atoms with Gasteiger partial charge in [-0.1, -0.05) is 11.6 Å². The molecule has 1 amide bonds. The zero-order valence-electron chi connectivity index (χ0n) is 13.8. The van der Waals surface area contributed by atoms with Crippen LogP contribution in [0.3, 0.4) is 0 Å². The molecule has 5 heteroatoms. The molecule has 0 radical (unpaired) electrons. The molecular weight excluding hydrogens is 312 g/mol. The van der Waals surface area contributed by atoms with Gasteiger partial charge in [-0.2, -0.15) is 0 Å². The molecule has 0 spiro atoms. The van der Waals surface area contributed by atoms with E-state index < -0.39 is 0 Å². The summed E-state index contributed by atoms with van der Waals surface area (Å²) in [5.41, 5.74) is 3.68. The first-order valence-corrected chi connectivity index (χ1v) is 7.71. The molecule has 0 aromatic heterocycles.